The van der Waals surface area contributed by atoms with Gasteiger partial charge in [0.05, 0.1) is 13.7 Å². The van der Waals surface area contributed by atoms with Crippen LogP contribution in [0.1, 0.15) is 18.4 Å². The number of carbonyl (C=O) groups is 2. The molecular formula is C15H17N2O4. The van der Waals surface area contributed by atoms with Crippen LogP contribution in [-0.2, 0) is 16.1 Å². The molecule has 111 valence electrons. The van der Waals surface area contributed by atoms with Crippen LogP contribution in [0.5, 0.6) is 5.75 Å². The highest BCUT2D eigenvalue weighted by molar-refractivity contribution is 6.05. The van der Waals surface area contributed by atoms with Crippen LogP contribution >= 0.6 is 0 Å². The van der Waals surface area contributed by atoms with Crippen molar-refractivity contribution < 1.29 is 19.4 Å². The molecule has 0 bridgehead atoms. The van der Waals surface area contributed by atoms with Gasteiger partial charge in [-0.2, -0.15) is 0 Å². The molecule has 21 heavy (non-hydrogen) atoms. The van der Waals surface area contributed by atoms with E-state index in [2.05, 4.69) is 5.43 Å². The molecule has 1 heterocycles. The number of methoxy groups -OCH3 is 1. The summed E-state index contributed by atoms with van der Waals surface area (Å²) in [5.74, 6) is -0.0159. The standard InChI is InChI=1S/C15H17N2O4/c1-21-13-6-4-11(5-7-13)10-17-14(19)9-12(3-2-8-18)15(20)16-17/h4-7,9,18H,2-3,8,10H2,1H3. The third-order valence-corrected chi connectivity index (χ3v) is 3.13. The first-order chi connectivity index (χ1) is 10.1. The van der Waals surface area contributed by atoms with Gasteiger partial charge in [0.25, 0.3) is 11.8 Å². The average molecular weight is 289 g/mol. The van der Waals surface area contributed by atoms with E-state index in [1.807, 2.05) is 12.1 Å². The van der Waals surface area contributed by atoms with Crippen molar-refractivity contribution in [3.63, 3.8) is 0 Å². The topological polar surface area (TPSA) is 80.9 Å². The van der Waals surface area contributed by atoms with E-state index in [1.54, 1.807) is 19.2 Å². The number of hydrogen-bond donors (Lipinski definition) is 1. The monoisotopic (exact) mass is 289 g/mol. The second kappa shape index (κ2) is 6.90. The molecule has 1 radical (unpaired) electrons. The first-order valence-electron chi connectivity index (χ1n) is 6.66. The van der Waals surface area contributed by atoms with Gasteiger partial charge in [0.2, 0.25) is 0 Å². The van der Waals surface area contributed by atoms with Crippen molar-refractivity contribution >= 4 is 11.8 Å². The summed E-state index contributed by atoms with van der Waals surface area (Å²) in [6, 6.07) is 7.20. The van der Waals surface area contributed by atoms with Gasteiger partial charge in [-0.15, -0.1) is 5.43 Å². The van der Waals surface area contributed by atoms with Crippen molar-refractivity contribution in [1.29, 1.82) is 0 Å². The van der Waals surface area contributed by atoms with Crippen molar-refractivity contribution in [1.82, 2.24) is 10.4 Å². The molecule has 0 aromatic heterocycles. The number of aliphatic hydroxyl groups excluding tert-OH is 1. The molecule has 1 aromatic carbocycles. The highest BCUT2D eigenvalue weighted by Gasteiger charge is 2.26. The minimum Gasteiger partial charge on any atom is -0.497 e. The Morgan fingerprint density at radius 1 is 1.24 bits per heavy atom. The van der Waals surface area contributed by atoms with E-state index in [1.165, 1.54) is 6.08 Å². The summed E-state index contributed by atoms with van der Waals surface area (Å²) >= 11 is 0. The van der Waals surface area contributed by atoms with Crippen molar-refractivity contribution in [2.45, 2.75) is 19.4 Å². The molecule has 2 amide bonds. The van der Waals surface area contributed by atoms with Gasteiger partial charge in [-0.3, -0.25) is 9.59 Å². The lowest BCUT2D eigenvalue weighted by Gasteiger charge is -2.23. The number of benzene rings is 1. The predicted molar refractivity (Wildman–Crippen MR) is 75.1 cm³/mol. The molecule has 0 spiro atoms. The average Bonchev–Trinajstić information content (AvgIpc) is 2.50. The minimum absolute atomic E-state index is 0.0195. The van der Waals surface area contributed by atoms with Gasteiger partial charge in [-0.25, -0.2) is 5.01 Å². The fraction of sp³-hybridized carbons (Fsp3) is 0.333. The quantitative estimate of drug-likeness (QED) is 0.839. The molecule has 6 heteroatoms. The number of ether oxygens (including phenoxy) is 1. The fourth-order valence-electron chi connectivity index (χ4n) is 1.97. The number of nitrogens with zero attached hydrogens (tertiary/aromatic N) is 2. The first kappa shape index (κ1) is 15.1. The Balaban J connectivity index is 2.03. The van der Waals surface area contributed by atoms with E-state index >= 15 is 0 Å². The van der Waals surface area contributed by atoms with Crippen molar-refractivity contribution in [2.24, 2.45) is 0 Å². The number of aliphatic hydroxyl groups is 1. The number of carbonyl (C=O) groups excluding carboxylic acids is 2. The highest BCUT2D eigenvalue weighted by atomic mass is 16.5. The summed E-state index contributed by atoms with van der Waals surface area (Å²) < 4.78 is 5.06. The Morgan fingerprint density at radius 2 is 1.95 bits per heavy atom. The minimum atomic E-state index is -0.420. The molecule has 1 aliphatic rings. The number of rotatable bonds is 6. The Kier molecular flexibility index (Phi) is 4.94. The van der Waals surface area contributed by atoms with Gasteiger partial charge in [-0.05, 0) is 30.5 Å². The van der Waals surface area contributed by atoms with Gasteiger partial charge >= 0.3 is 0 Å². The van der Waals surface area contributed by atoms with Crippen LogP contribution in [-0.4, -0.2) is 35.6 Å². The smallest absolute Gasteiger partial charge is 0.289 e. The molecule has 1 aromatic rings. The summed E-state index contributed by atoms with van der Waals surface area (Å²) in [5.41, 5.74) is 5.00. The summed E-state index contributed by atoms with van der Waals surface area (Å²) in [5, 5.41) is 9.91. The number of hydrogen-bond acceptors (Lipinski definition) is 4. The molecule has 6 nitrogen and oxygen atoms in total. The van der Waals surface area contributed by atoms with E-state index in [4.69, 9.17) is 9.84 Å². The normalized spacial score (nSPS) is 14.8. The van der Waals surface area contributed by atoms with E-state index in [-0.39, 0.29) is 19.1 Å². The third kappa shape index (κ3) is 3.82. The fourth-order valence-corrected chi connectivity index (χ4v) is 1.97. The summed E-state index contributed by atoms with van der Waals surface area (Å²) in [4.78, 5) is 23.8. The van der Waals surface area contributed by atoms with Crippen LogP contribution < -0.4 is 10.2 Å². The maximum absolute atomic E-state index is 12.0. The molecule has 0 fully saturated rings. The second-order valence-corrected chi connectivity index (χ2v) is 4.65. The van der Waals surface area contributed by atoms with E-state index in [9.17, 15) is 9.59 Å². The van der Waals surface area contributed by atoms with Crippen molar-refractivity contribution in [2.75, 3.05) is 13.7 Å². The first-order valence-corrected chi connectivity index (χ1v) is 6.66. The van der Waals surface area contributed by atoms with Crippen molar-refractivity contribution in [3.8, 4) is 5.75 Å². The van der Waals surface area contributed by atoms with Crippen LogP contribution in [0.3, 0.4) is 0 Å². The third-order valence-electron chi connectivity index (χ3n) is 3.13. The van der Waals surface area contributed by atoms with Crippen LogP contribution in [0, 0.1) is 0 Å². The van der Waals surface area contributed by atoms with E-state index in [0.717, 1.165) is 16.3 Å². The van der Waals surface area contributed by atoms with Gasteiger partial charge in [0.15, 0.2) is 0 Å². The van der Waals surface area contributed by atoms with E-state index in [0.29, 0.717) is 18.4 Å². The number of amides is 2. The van der Waals surface area contributed by atoms with Crippen molar-refractivity contribution in [3.05, 3.63) is 41.5 Å². The molecular weight excluding hydrogens is 272 g/mol. The van der Waals surface area contributed by atoms with E-state index < -0.39 is 5.91 Å². The Morgan fingerprint density at radius 3 is 2.57 bits per heavy atom. The maximum atomic E-state index is 12.0. The Bertz CT molecular complexity index is 551. The SMILES string of the molecule is COc1ccc(CN2[N]C(=O)C(CCCO)=CC2=O)cc1. The van der Waals surface area contributed by atoms with Gasteiger partial charge < -0.3 is 9.84 Å². The van der Waals surface area contributed by atoms with Crippen LogP contribution in [0.15, 0.2) is 35.9 Å². The van der Waals surface area contributed by atoms with Gasteiger partial charge in [0.1, 0.15) is 5.75 Å². The predicted octanol–water partition coefficient (Wildman–Crippen LogP) is 0.782. The zero-order valence-electron chi connectivity index (χ0n) is 11.8. The summed E-state index contributed by atoms with van der Waals surface area (Å²) in [7, 11) is 1.58. The van der Waals surface area contributed by atoms with Crippen LogP contribution in [0.25, 0.3) is 0 Å². The zero-order chi connectivity index (χ0) is 15.2. The Hall–Kier alpha value is -2.34. The lowest BCUT2D eigenvalue weighted by molar-refractivity contribution is -0.139. The summed E-state index contributed by atoms with van der Waals surface area (Å²) in [6.07, 6.45) is 2.11. The molecule has 0 saturated carbocycles. The largest absolute Gasteiger partial charge is 0.497 e. The lowest BCUT2D eigenvalue weighted by atomic mass is 10.1. The molecule has 0 atom stereocenters. The Labute approximate surface area is 123 Å². The van der Waals surface area contributed by atoms with Gasteiger partial charge in [0, 0.05) is 18.3 Å². The molecule has 0 aliphatic carbocycles. The summed E-state index contributed by atoms with van der Waals surface area (Å²) in [6.45, 7) is 0.215. The molecule has 1 aliphatic heterocycles. The van der Waals surface area contributed by atoms with Gasteiger partial charge in [-0.1, -0.05) is 12.1 Å². The molecule has 0 saturated heterocycles. The van der Waals surface area contributed by atoms with Crippen LogP contribution in [0.2, 0.25) is 0 Å². The zero-order valence-corrected chi connectivity index (χ0v) is 11.8. The maximum Gasteiger partial charge on any atom is 0.289 e. The molecule has 0 unspecified atom stereocenters. The highest BCUT2D eigenvalue weighted by Crippen LogP contribution is 2.16. The second-order valence-electron chi connectivity index (χ2n) is 4.65. The molecule has 1 N–H and O–H groups in total. The lowest BCUT2D eigenvalue weighted by Crippen LogP contribution is -2.43. The van der Waals surface area contributed by atoms with Crippen LogP contribution in [0.4, 0.5) is 0 Å². The molecule has 2 rings (SSSR count).